The minimum Gasteiger partial charge on any atom is -0.489 e. The Labute approximate surface area is 195 Å². The number of carbonyl (C=O) groups is 2. The van der Waals surface area contributed by atoms with Gasteiger partial charge >= 0.3 is 0 Å². The molecule has 6 nitrogen and oxygen atoms in total. The third-order valence-electron chi connectivity index (χ3n) is 6.54. The maximum atomic E-state index is 13.3. The Kier molecular flexibility index (Phi) is 6.54. The summed E-state index contributed by atoms with van der Waals surface area (Å²) >= 11 is 0. The lowest BCUT2D eigenvalue weighted by Gasteiger charge is -2.36. The van der Waals surface area contributed by atoms with E-state index in [0.29, 0.717) is 23.6 Å². The van der Waals surface area contributed by atoms with Crippen LogP contribution in [-0.2, 0) is 9.59 Å². The van der Waals surface area contributed by atoms with Crippen LogP contribution in [0.15, 0.2) is 77.5 Å². The minimum atomic E-state index is -0.754. The van der Waals surface area contributed by atoms with Gasteiger partial charge in [0.05, 0.1) is 11.7 Å². The third kappa shape index (κ3) is 4.51. The largest absolute Gasteiger partial charge is 0.489 e. The first-order valence-electron chi connectivity index (χ1n) is 11.4. The summed E-state index contributed by atoms with van der Waals surface area (Å²) in [6.07, 6.45) is 2.70. The maximum Gasteiger partial charge on any atom is 0.252 e. The number of rotatable bonds is 5. The number of para-hydroxylation sites is 2. The molecule has 4 rings (SSSR count). The molecule has 33 heavy (non-hydrogen) atoms. The zero-order valence-electron chi connectivity index (χ0n) is 19.7. The number of benzene rings is 2. The van der Waals surface area contributed by atoms with E-state index < -0.39 is 6.04 Å². The lowest BCUT2D eigenvalue weighted by Crippen LogP contribution is -2.50. The predicted octanol–water partition coefficient (Wildman–Crippen LogP) is 4.21. The Balaban J connectivity index is 1.52. The zero-order valence-corrected chi connectivity index (χ0v) is 19.7. The Morgan fingerprint density at radius 2 is 1.85 bits per heavy atom. The molecule has 0 aromatic heterocycles. The number of allylic oxidation sites excluding steroid dienone is 1. The molecule has 0 bridgehead atoms. The van der Waals surface area contributed by atoms with Crippen molar-refractivity contribution in [3.8, 4) is 5.75 Å². The lowest BCUT2D eigenvalue weighted by molar-refractivity contribution is -0.125. The molecule has 2 aromatic carbocycles. The molecule has 2 amide bonds. The molecule has 0 aliphatic carbocycles. The summed E-state index contributed by atoms with van der Waals surface area (Å²) in [6, 6.07) is 17.2. The molecule has 2 aromatic rings. The second-order valence-corrected chi connectivity index (χ2v) is 8.57. The van der Waals surface area contributed by atoms with E-state index in [1.807, 2.05) is 55.5 Å². The number of hydrogen-bond donors (Lipinski definition) is 1. The van der Waals surface area contributed by atoms with Crippen LogP contribution < -0.4 is 15.0 Å². The van der Waals surface area contributed by atoms with Crippen molar-refractivity contribution >= 4 is 17.5 Å². The molecule has 2 atom stereocenters. The normalized spacial score (nSPS) is 19.3. The van der Waals surface area contributed by atoms with Gasteiger partial charge in [0.25, 0.3) is 11.8 Å². The van der Waals surface area contributed by atoms with E-state index in [-0.39, 0.29) is 24.5 Å². The van der Waals surface area contributed by atoms with Crippen molar-refractivity contribution < 1.29 is 14.3 Å². The zero-order chi connectivity index (χ0) is 23.5. The highest BCUT2D eigenvalue weighted by Gasteiger charge is 2.32. The molecule has 2 heterocycles. The average molecular weight is 446 g/mol. The fourth-order valence-electron chi connectivity index (χ4n) is 4.48. The number of anilines is 1. The van der Waals surface area contributed by atoms with E-state index in [9.17, 15) is 9.59 Å². The fraction of sp³-hybridized carbons (Fsp3) is 0.333. The number of hydrogen-bond acceptors (Lipinski definition) is 4. The molecule has 0 saturated carbocycles. The van der Waals surface area contributed by atoms with Crippen LogP contribution in [0.1, 0.15) is 38.8 Å². The van der Waals surface area contributed by atoms with Crippen molar-refractivity contribution in [3.63, 3.8) is 0 Å². The van der Waals surface area contributed by atoms with Crippen molar-refractivity contribution in [1.82, 2.24) is 10.2 Å². The molecule has 2 aliphatic heterocycles. The Morgan fingerprint density at radius 3 is 2.58 bits per heavy atom. The second-order valence-electron chi connectivity index (χ2n) is 8.57. The second kappa shape index (κ2) is 9.53. The quantitative estimate of drug-likeness (QED) is 0.749. The number of amides is 2. The van der Waals surface area contributed by atoms with Gasteiger partial charge in [-0.2, -0.15) is 0 Å². The van der Waals surface area contributed by atoms with E-state index >= 15 is 0 Å². The summed E-state index contributed by atoms with van der Waals surface area (Å²) in [5, 5.41) is 2.93. The van der Waals surface area contributed by atoms with Crippen LogP contribution >= 0.6 is 0 Å². The van der Waals surface area contributed by atoms with Crippen LogP contribution in [0.25, 0.3) is 0 Å². The van der Waals surface area contributed by atoms with Crippen LogP contribution in [0, 0.1) is 0 Å². The van der Waals surface area contributed by atoms with Gasteiger partial charge in [-0.3, -0.25) is 9.59 Å². The van der Waals surface area contributed by atoms with Gasteiger partial charge < -0.3 is 19.9 Å². The van der Waals surface area contributed by atoms with Gasteiger partial charge in [0, 0.05) is 24.9 Å². The van der Waals surface area contributed by atoms with Crippen molar-refractivity contribution in [2.24, 2.45) is 0 Å². The van der Waals surface area contributed by atoms with Crippen molar-refractivity contribution in [2.45, 2.75) is 39.3 Å². The maximum absolute atomic E-state index is 13.3. The Morgan fingerprint density at radius 1 is 1.15 bits per heavy atom. The molecule has 0 spiro atoms. The van der Waals surface area contributed by atoms with Crippen LogP contribution in [0.4, 0.5) is 5.69 Å². The third-order valence-corrected chi connectivity index (χ3v) is 6.54. The van der Waals surface area contributed by atoms with Crippen molar-refractivity contribution in [1.29, 1.82) is 0 Å². The highest BCUT2D eigenvalue weighted by Crippen LogP contribution is 2.32. The van der Waals surface area contributed by atoms with Crippen LogP contribution in [0.3, 0.4) is 0 Å². The number of fused-ring (bicyclic) bond motifs is 1. The minimum absolute atomic E-state index is 0.0977. The predicted molar refractivity (Wildman–Crippen MR) is 130 cm³/mol. The molecular formula is C27H31N3O3. The highest BCUT2D eigenvalue weighted by atomic mass is 16.5. The van der Waals surface area contributed by atoms with E-state index in [0.717, 1.165) is 17.7 Å². The van der Waals surface area contributed by atoms with E-state index in [2.05, 4.69) is 36.2 Å². The van der Waals surface area contributed by atoms with Gasteiger partial charge in [-0.1, -0.05) is 49.4 Å². The van der Waals surface area contributed by atoms with Crippen LogP contribution in [0.5, 0.6) is 5.75 Å². The van der Waals surface area contributed by atoms with E-state index in [4.69, 9.17) is 4.74 Å². The SMILES string of the molecule is CCC1=C(C(=O)NC2COc3ccccc3N(C)C2=O)C=C(C)N(C(C)c2ccccc2)C1. The molecule has 6 heteroatoms. The Hall–Kier alpha value is -3.54. The van der Waals surface area contributed by atoms with Gasteiger partial charge in [0.2, 0.25) is 0 Å². The first-order valence-corrected chi connectivity index (χ1v) is 11.4. The summed E-state index contributed by atoms with van der Waals surface area (Å²) in [7, 11) is 1.71. The fourth-order valence-corrected chi connectivity index (χ4v) is 4.48. The number of likely N-dealkylation sites (N-methyl/N-ethyl adjacent to an activating group) is 1. The summed E-state index contributed by atoms with van der Waals surface area (Å²) in [5.74, 6) is 0.208. The van der Waals surface area contributed by atoms with Crippen LogP contribution in [0.2, 0.25) is 0 Å². The molecule has 1 N–H and O–H groups in total. The molecule has 0 radical (unpaired) electrons. The van der Waals surface area contributed by atoms with Gasteiger partial charge in [-0.15, -0.1) is 0 Å². The molecule has 0 saturated heterocycles. The summed E-state index contributed by atoms with van der Waals surface area (Å²) < 4.78 is 5.84. The van der Waals surface area contributed by atoms with Crippen molar-refractivity contribution in [3.05, 3.63) is 83.1 Å². The summed E-state index contributed by atoms with van der Waals surface area (Å²) in [4.78, 5) is 30.2. The first-order chi connectivity index (χ1) is 15.9. The standard InChI is InChI=1S/C27H31N3O3/c1-5-20-16-30(19(3)21-11-7-6-8-12-21)18(2)15-22(20)26(31)28-23-17-33-25-14-10-9-13-24(25)29(4)27(23)32/h6-15,19,23H,5,16-17H2,1-4H3,(H,28,31). The number of nitrogens with one attached hydrogen (secondary N) is 1. The molecular weight excluding hydrogens is 414 g/mol. The lowest BCUT2D eigenvalue weighted by atomic mass is 9.96. The smallest absolute Gasteiger partial charge is 0.252 e. The average Bonchev–Trinajstić information content (AvgIpc) is 2.96. The van der Waals surface area contributed by atoms with Crippen molar-refractivity contribution in [2.75, 3.05) is 25.1 Å². The topological polar surface area (TPSA) is 61.9 Å². The summed E-state index contributed by atoms with van der Waals surface area (Å²) in [6.45, 7) is 7.05. The number of ether oxygens (including phenoxy) is 1. The van der Waals surface area contributed by atoms with Gasteiger partial charge in [0.15, 0.2) is 0 Å². The Bertz CT molecular complexity index is 1110. The molecule has 2 unspecified atom stereocenters. The molecule has 172 valence electrons. The number of nitrogens with zero attached hydrogens (tertiary/aromatic N) is 2. The first kappa shape index (κ1) is 22.6. The number of carbonyl (C=O) groups excluding carboxylic acids is 2. The molecule has 0 fully saturated rings. The van der Waals surface area contributed by atoms with E-state index in [1.165, 1.54) is 5.56 Å². The van der Waals surface area contributed by atoms with Gasteiger partial charge in [-0.05, 0) is 49.6 Å². The summed E-state index contributed by atoms with van der Waals surface area (Å²) in [5.41, 5.74) is 4.66. The van der Waals surface area contributed by atoms with Gasteiger partial charge in [0.1, 0.15) is 18.4 Å². The van der Waals surface area contributed by atoms with E-state index in [1.54, 1.807) is 11.9 Å². The monoisotopic (exact) mass is 445 g/mol. The highest BCUT2D eigenvalue weighted by molar-refractivity contribution is 6.04. The van der Waals surface area contributed by atoms with Crippen LogP contribution in [-0.4, -0.2) is 43.0 Å². The molecule has 2 aliphatic rings. The van der Waals surface area contributed by atoms with Gasteiger partial charge in [-0.25, -0.2) is 0 Å².